The van der Waals surface area contributed by atoms with Gasteiger partial charge in [-0.15, -0.1) is 0 Å². The molecule has 0 bridgehead atoms. The second-order valence-electron chi connectivity index (χ2n) is 6.19. The molecule has 2 N–H and O–H groups in total. The fraction of sp³-hybridized carbons (Fsp3) is 0.938. The Labute approximate surface area is 127 Å². The van der Waals surface area contributed by atoms with Crippen molar-refractivity contribution < 1.29 is 19.4 Å². The molecule has 0 spiro atoms. The highest BCUT2D eigenvalue weighted by Gasteiger charge is 2.45. The van der Waals surface area contributed by atoms with E-state index in [0.29, 0.717) is 13.2 Å². The van der Waals surface area contributed by atoms with Crippen LogP contribution in [0.25, 0.3) is 0 Å². The summed E-state index contributed by atoms with van der Waals surface area (Å²) in [4.78, 5) is 11.1. The predicted octanol–water partition coefficient (Wildman–Crippen LogP) is 2.76. The predicted molar refractivity (Wildman–Crippen MR) is 80.2 cm³/mol. The van der Waals surface area contributed by atoms with E-state index in [4.69, 9.17) is 14.6 Å². The maximum absolute atomic E-state index is 11.1. The van der Waals surface area contributed by atoms with Gasteiger partial charge in [-0.1, -0.05) is 51.4 Å². The number of hydrogen-bond acceptors (Lipinski definition) is 4. The lowest BCUT2D eigenvalue weighted by molar-refractivity contribution is 0.0286. The summed E-state index contributed by atoms with van der Waals surface area (Å²) in [5, 5.41) is 11.5. The average Bonchev–Trinajstić information content (AvgIpc) is 3.01. The zero-order valence-corrected chi connectivity index (χ0v) is 12.9. The van der Waals surface area contributed by atoms with Crippen LogP contribution in [0.15, 0.2) is 0 Å². The third-order valence-electron chi connectivity index (χ3n) is 4.45. The van der Waals surface area contributed by atoms with Gasteiger partial charge in [0.25, 0.3) is 0 Å². The maximum atomic E-state index is 11.1. The van der Waals surface area contributed by atoms with Crippen molar-refractivity contribution in [1.29, 1.82) is 0 Å². The van der Waals surface area contributed by atoms with Crippen LogP contribution in [0, 0.1) is 0 Å². The number of carbonyl (C=O) groups is 1. The molecule has 0 aromatic heterocycles. The van der Waals surface area contributed by atoms with Crippen molar-refractivity contribution in [2.75, 3.05) is 13.2 Å². The van der Waals surface area contributed by atoms with Crippen molar-refractivity contribution in [3.63, 3.8) is 0 Å². The smallest absolute Gasteiger partial charge is 0.408 e. The van der Waals surface area contributed by atoms with Crippen molar-refractivity contribution in [3.8, 4) is 0 Å². The highest BCUT2D eigenvalue weighted by atomic mass is 16.6. The molecule has 2 aliphatic rings. The van der Waals surface area contributed by atoms with Gasteiger partial charge in [-0.05, 0) is 12.8 Å². The molecule has 0 unspecified atom stereocenters. The largest absolute Gasteiger partial charge is 0.441 e. The Kier molecular flexibility index (Phi) is 7.30. The minimum absolute atomic E-state index is 0.0657. The topological polar surface area (TPSA) is 67.8 Å². The van der Waals surface area contributed by atoms with Crippen molar-refractivity contribution in [1.82, 2.24) is 5.32 Å². The number of ether oxygens (including phenoxy) is 2. The third kappa shape index (κ3) is 5.47. The van der Waals surface area contributed by atoms with Crippen LogP contribution in [0.2, 0.25) is 0 Å². The van der Waals surface area contributed by atoms with Crippen LogP contribution in [0.4, 0.5) is 4.79 Å². The summed E-state index contributed by atoms with van der Waals surface area (Å²) < 4.78 is 10.9. The van der Waals surface area contributed by atoms with Gasteiger partial charge >= 0.3 is 6.09 Å². The molecule has 2 rings (SSSR count). The molecule has 2 heterocycles. The first-order valence-corrected chi connectivity index (χ1v) is 8.51. The Morgan fingerprint density at radius 2 is 1.62 bits per heavy atom. The molecule has 1 amide bonds. The zero-order valence-electron chi connectivity index (χ0n) is 12.9. The molecule has 2 saturated heterocycles. The molecule has 0 aliphatic carbocycles. The van der Waals surface area contributed by atoms with E-state index in [1.165, 1.54) is 38.5 Å². The first-order valence-electron chi connectivity index (χ1n) is 8.51. The molecule has 5 nitrogen and oxygen atoms in total. The summed E-state index contributed by atoms with van der Waals surface area (Å²) in [6, 6.07) is 0.0708. The summed E-state index contributed by atoms with van der Waals surface area (Å²) in [6.45, 7) is 0.921. The maximum Gasteiger partial charge on any atom is 0.408 e. The van der Waals surface area contributed by atoms with Gasteiger partial charge in [0.2, 0.25) is 0 Å². The van der Waals surface area contributed by atoms with Gasteiger partial charge < -0.3 is 19.9 Å². The number of alkyl carbamates (subject to hydrolysis) is 1. The number of unbranched alkanes of at least 4 members (excludes halogenated alkanes) is 8. The van der Waals surface area contributed by atoms with Crippen LogP contribution in [-0.2, 0) is 9.47 Å². The van der Waals surface area contributed by atoms with Crippen LogP contribution in [0.5, 0.6) is 0 Å². The number of carbonyl (C=O) groups excluding carboxylic acids is 1. The summed E-state index contributed by atoms with van der Waals surface area (Å²) in [6.07, 6.45) is 11.6. The van der Waals surface area contributed by atoms with Gasteiger partial charge in [-0.3, -0.25) is 0 Å². The number of amides is 1. The third-order valence-corrected chi connectivity index (χ3v) is 4.45. The number of fused-ring (bicyclic) bond motifs is 1. The fourth-order valence-electron chi connectivity index (χ4n) is 3.21. The van der Waals surface area contributed by atoms with E-state index in [2.05, 4.69) is 5.32 Å². The summed E-state index contributed by atoms with van der Waals surface area (Å²) >= 11 is 0. The molecule has 21 heavy (non-hydrogen) atoms. The Balaban J connectivity index is 1.41. The molecular formula is C16H29NO4. The minimum atomic E-state index is -0.292. The number of rotatable bonds is 11. The van der Waals surface area contributed by atoms with Gasteiger partial charge in [0.05, 0.1) is 18.8 Å². The molecule has 0 aromatic rings. The summed E-state index contributed by atoms with van der Waals surface area (Å²) in [5.41, 5.74) is 0. The van der Waals surface area contributed by atoms with E-state index < -0.39 is 0 Å². The van der Waals surface area contributed by atoms with Gasteiger partial charge in [0, 0.05) is 6.61 Å². The van der Waals surface area contributed by atoms with Crippen molar-refractivity contribution in [3.05, 3.63) is 0 Å². The van der Waals surface area contributed by atoms with Gasteiger partial charge in [0.1, 0.15) is 0 Å². The molecule has 2 fully saturated rings. The Morgan fingerprint density at radius 3 is 2.29 bits per heavy atom. The van der Waals surface area contributed by atoms with Gasteiger partial charge in [-0.25, -0.2) is 4.79 Å². The van der Waals surface area contributed by atoms with Gasteiger partial charge in [0.15, 0.2) is 6.10 Å². The standard InChI is InChI=1S/C16H29NO4/c18-11-9-7-5-3-1-2-4-6-8-10-14-15-13(12-20-14)17-16(19)21-15/h13-15,18H,1-12H2,(H,17,19)/t13-,14-,15-/m0/s1. The van der Waals surface area contributed by atoms with Gasteiger partial charge in [-0.2, -0.15) is 0 Å². The van der Waals surface area contributed by atoms with Crippen LogP contribution >= 0.6 is 0 Å². The molecule has 3 atom stereocenters. The van der Waals surface area contributed by atoms with E-state index in [0.717, 1.165) is 25.7 Å². The van der Waals surface area contributed by atoms with Crippen molar-refractivity contribution in [2.24, 2.45) is 0 Å². The first-order chi connectivity index (χ1) is 10.3. The van der Waals surface area contributed by atoms with Crippen molar-refractivity contribution in [2.45, 2.75) is 82.5 Å². The summed E-state index contributed by atoms with van der Waals surface area (Å²) in [7, 11) is 0. The lowest BCUT2D eigenvalue weighted by Crippen LogP contribution is -2.32. The second kappa shape index (κ2) is 9.26. The number of aliphatic hydroxyl groups is 1. The Hall–Kier alpha value is -0.810. The molecule has 122 valence electrons. The normalized spacial score (nSPS) is 27.5. The number of hydrogen-bond donors (Lipinski definition) is 2. The highest BCUT2D eigenvalue weighted by Crippen LogP contribution is 2.26. The van der Waals surface area contributed by atoms with Crippen LogP contribution in [0.3, 0.4) is 0 Å². The SMILES string of the molecule is O=C1N[C@H]2CO[C@@H](CCCCCCCCCCCO)[C@H]2O1. The number of nitrogens with one attached hydrogen (secondary N) is 1. The summed E-state index contributed by atoms with van der Waals surface area (Å²) in [5.74, 6) is 0. The monoisotopic (exact) mass is 299 g/mol. The molecule has 0 saturated carbocycles. The van der Waals surface area contributed by atoms with Crippen LogP contribution in [-0.4, -0.2) is 42.7 Å². The molecule has 2 aliphatic heterocycles. The quantitative estimate of drug-likeness (QED) is 0.576. The molecule has 5 heteroatoms. The van der Waals surface area contributed by atoms with Crippen LogP contribution < -0.4 is 5.32 Å². The second-order valence-corrected chi connectivity index (χ2v) is 6.19. The van der Waals surface area contributed by atoms with Crippen molar-refractivity contribution >= 4 is 6.09 Å². The lowest BCUT2D eigenvalue weighted by atomic mass is 10.0. The lowest BCUT2D eigenvalue weighted by Gasteiger charge is -2.15. The first kappa shape index (κ1) is 16.6. The number of aliphatic hydroxyl groups excluding tert-OH is 1. The Bertz CT molecular complexity index is 311. The molecular weight excluding hydrogens is 270 g/mol. The fourth-order valence-corrected chi connectivity index (χ4v) is 3.21. The highest BCUT2D eigenvalue weighted by molar-refractivity contribution is 5.70. The van der Waals surface area contributed by atoms with E-state index in [-0.39, 0.29) is 24.3 Å². The average molecular weight is 299 g/mol. The van der Waals surface area contributed by atoms with E-state index in [1.807, 2.05) is 0 Å². The van der Waals surface area contributed by atoms with E-state index >= 15 is 0 Å². The Morgan fingerprint density at radius 1 is 1.00 bits per heavy atom. The molecule has 0 radical (unpaired) electrons. The minimum Gasteiger partial charge on any atom is -0.441 e. The van der Waals surface area contributed by atoms with Crippen LogP contribution in [0.1, 0.15) is 64.2 Å². The van der Waals surface area contributed by atoms with E-state index in [9.17, 15) is 4.79 Å². The van der Waals surface area contributed by atoms with E-state index in [1.54, 1.807) is 0 Å². The zero-order chi connectivity index (χ0) is 14.9. The molecule has 0 aromatic carbocycles.